The predicted octanol–water partition coefficient (Wildman–Crippen LogP) is 3.17. The molecule has 1 amide bonds. The summed E-state index contributed by atoms with van der Waals surface area (Å²) >= 11 is 5.69. The quantitative estimate of drug-likeness (QED) is 0.882. The monoisotopic (exact) mass is 272 g/mol. The maximum atomic E-state index is 11.9. The summed E-state index contributed by atoms with van der Waals surface area (Å²) in [6.07, 6.45) is 0. The molecule has 0 aliphatic carbocycles. The van der Waals surface area contributed by atoms with Crippen LogP contribution < -0.4 is 5.32 Å². The molecule has 0 saturated carbocycles. The maximum absolute atomic E-state index is 11.9. The molecule has 2 aromatic rings. The average molecular weight is 273 g/mol. The molecule has 0 aliphatic rings. The number of amides is 1. The minimum absolute atomic E-state index is 0.117. The molecule has 2 N–H and O–H groups in total. The number of nitriles is 1. The normalized spacial score (nSPS) is 9.68. The van der Waals surface area contributed by atoms with Crippen LogP contribution in [-0.4, -0.2) is 11.0 Å². The SMILES string of the molecule is N#Cc1cccc(NC(=O)c2ccc(Cl)cc2O)c1. The van der Waals surface area contributed by atoms with Gasteiger partial charge in [-0.15, -0.1) is 0 Å². The van der Waals surface area contributed by atoms with Crippen molar-refractivity contribution in [3.63, 3.8) is 0 Å². The molecule has 0 atom stereocenters. The van der Waals surface area contributed by atoms with Crippen molar-refractivity contribution in [3.05, 3.63) is 58.6 Å². The van der Waals surface area contributed by atoms with E-state index in [1.54, 1.807) is 24.3 Å². The number of halogens is 1. The fourth-order valence-electron chi connectivity index (χ4n) is 1.56. The number of nitrogens with zero attached hydrogens (tertiary/aromatic N) is 1. The van der Waals surface area contributed by atoms with Gasteiger partial charge in [0.1, 0.15) is 5.75 Å². The Morgan fingerprint density at radius 3 is 2.74 bits per heavy atom. The Labute approximate surface area is 114 Å². The Morgan fingerprint density at radius 1 is 1.26 bits per heavy atom. The van der Waals surface area contributed by atoms with Crippen LogP contribution >= 0.6 is 11.6 Å². The summed E-state index contributed by atoms with van der Waals surface area (Å²) in [5.41, 5.74) is 1.04. The fourth-order valence-corrected chi connectivity index (χ4v) is 1.73. The largest absolute Gasteiger partial charge is 0.507 e. The van der Waals surface area contributed by atoms with Crippen LogP contribution in [0.2, 0.25) is 5.02 Å². The van der Waals surface area contributed by atoms with E-state index < -0.39 is 5.91 Å². The van der Waals surface area contributed by atoms with Gasteiger partial charge < -0.3 is 10.4 Å². The minimum Gasteiger partial charge on any atom is -0.507 e. The second-order valence-electron chi connectivity index (χ2n) is 3.81. The van der Waals surface area contributed by atoms with E-state index >= 15 is 0 Å². The molecule has 0 unspecified atom stereocenters. The number of carbonyl (C=O) groups is 1. The van der Waals surface area contributed by atoms with Crippen LogP contribution in [0, 0.1) is 11.3 Å². The van der Waals surface area contributed by atoms with Crippen molar-refractivity contribution in [2.24, 2.45) is 0 Å². The highest BCUT2D eigenvalue weighted by molar-refractivity contribution is 6.30. The van der Waals surface area contributed by atoms with E-state index in [9.17, 15) is 9.90 Å². The summed E-state index contributed by atoms with van der Waals surface area (Å²) in [5, 5.41) is 21.4. The summed E-state index contributed by atoms with van der Waals surface area (Å²) in [6.45, 7) is 0. The lowest BCUT2D eigenvalue weighted by Gasteiger charge is -2.07. The lowest BCUT2D eigenvalue weighted by molar-refractivity contribution is 0.102. The first-order valence-corrected chi connectivity index (χ1v) is 5.78. The first-order valence-electron chi connectivity index (χ1n) is 5.40. The number of hydrogen-bond acceptors (Lipinski definition) is 3. The van der Waals surface area contributed by atoms with Gasteiger partial charge in [-0.1, -0.05) is 17.7 Å². The van der Waals surface area contributed by atoms with E-state index in [0.717, 1.165) is 0 Å². The fraction of sp³-hybridized carbons (Fsp3) is 0. The predicted molar refractivity (Wildman–Crippen MR) is 72.2 cm³/mol. The molecule has 0 spiro atoms. The van der Waals surface area contributed by atoms with E-state index in [2.05, 4.69) is 5.32 Å². The third kappa shape index (κ3) is 3.03. The van der Waals surface area contributed by atoms with Gasteiger partial charge in [-0.3, -0.25) is 4.79 Å². The van der Waals surface area contributed by atoms with Crippen molar-refractivity contribution in [2.75, 3.05) is 5.32 Å². The Kier molecular flexibility index (Phi) is 3.69. The minimum atomic E-state index is -0.468. The number of aromatic hydroxyl groups is 1. The van der Waals surface area contributed by atoms with E-state index in [1.807, 2.05) is 6.07 Å². The van der Waals surface area contributed by atoms with Crippen LogP contribution in [0.4, 0.5) is 5.69 Å². The van der Waals surface area contributed by atoms with Crippen molar-refractivity contribution in [1.82, 2.24) is 0 Å². The van der Waals surface area contributed by atoms with Gasteiger partial charge >= 0.3 is 0 Å². The molecular weight excluding hydrogens is 264 g/mol. The lowest BCUT2D eigenvalue weighted by atomic mass is 10.1. The molecule has 19 heavy (non-hydrogen) atoms. The molecule has 5 heteroatoms. The zero-order valence-corrected chi connectivity index (χ0v) is 10.5. The highest BCUT2D eigenvalue weighted by Gasteiger charge is 2.11. The number of phenols is 1. The Morgan fingerprint density at radius 2 is 2.05 bits per heavy atom. The van der Waals surface area contributed by atoms with Gasteiger partial charge in [0.2, 0.25) is 0 Å². The van der Waals surface area contributed by atoms with Crippen LogP contribution in [0.5, 0.6) is 5.75 Å². The Hall–Kier alpha value is -2.51. The summed E-state index contributed by atoms with van der Waals surface area (Å²) in [4.78, 5) is 11.9. The van der Waals surface area contributed by atoms with Crippen LogP contribution in [0.1, 0.15) is 15.9 Å². The van der Waals surface area contributed by atoms with Crippen LogP contribution in [0.15, 0.2) is 42.5 Å². The van der Waals surface area contributed by atoms with Crippen molar-refractivity contribution in [2.45, 2.75) is 0 Å². The van der Waals surface area contributed by atoms with E-state index in [0.29, 0.717) is 16.3 Å². The summed E-state index contributed by atoms with van der Waals surface area (Å²) < 4.78 is 0. The molecule has 0 fully saturated rings. The van der Waals surface area contributed by atoms with Gasteiger partial charge in [0.25, 0.3) is 5.91 Å². The second kappa shape index (κ2) is 5.42. The van der Waals surface area contributed by atoms with Crippen LogP contribution in [-0.2, 0) is 0 Å². The summed E-state index contributed by atoms with van der Waals surface area (Å²) in [7, 11) is 0. The molecule has 0 aliphatic heterocycles. The topological polar surface area (TPSA) is 73.1 Å². The highest BCUT2D eigenvalue weighted by Crippen LogP contribution is 2.23. The summed E-state index contributed by atoms with van der Waals surface area (Å²) in [6, 6.07) is 12.7. The van der Waals surface area contributed by atoms with Crippen molar-refractivity contribution in [1.29, 1.82) is 5.26 Å². The standard InChI is InChI=1S/C14H9ClN2O2/c15-10-4-5-12(13(18)7-10)14(19)17-11-3-1-2-9(6-11)8-16/h1-7,18H,(H,17,19). The molecule has 0 saturated heterocycles. The van der Waals surface area contributed by atoms with Crippen molar-refractivity contribution < 1.29 is 9.90 Å². The molecule has 2 rings (SSSR count). The molecular formula is C14H9ClN2O2. The third-order valence-electron chi connectivity index (χ3n) is 2.45. The van der Waals surface area contributed by atoms with Crippen LogP contribution in [0.25, 0.3) is 0 Å². The van der Waals surface area contributed by atoms with Crippen molar-refractivity contribution >= 4 is 23.2 Å². The molecule has 4 nitrogen and oxygen atoms in total. The lowest BCUT2D eigenvalue weighted by Crippen LogP contribution is -2.12. The number of carbonyl (C=O) groups excluding carboxylic acids is 1. The number of phenolic OH excluding ortho intramolecular Hbond substituents is 1. The number of anilines is 1. The van der Waals surface area contributed by atoms with E-state index in [1.165, 1.54) is 18.2 Å². The molecule has 0 aromatic heterocycles. The average Bonchev–Trinajstić information content (AvgIpc) is 2.38. The Balaban J connectivity index is 2.23. The first kappa shape index (κ1) is 12.9. The molecule has 2 aromatic carbocycles. The van der Waals surface area contributed by atoms with Crippen LogP contribution in [0.3, 0.4) is 0 Å². The van der Waals surface area contributed by atoms with Gasteiger partial charge in [-0.05, 0) is 36.4 Å². The highest BCUT2D eigenvalue weighted by atomic mass is 35.5. The van der Waals surface area contributed by atoms with E-state index in [4.69, 9.17) is 16.9 Å². The second-order valence-corrected chi connectivity index (χ2v) is 4.24. The zero-order valence-electron chi connectivity index (χ0n) is 9.72. The number of benzene rings is 2. The first-order chi connectivity index (χ1) is 9.10. The number of nitrogens with one attached hydrogen (secondary N) is 1. The number of rotatable bonds is 2. The maximum Gasteiger partial charge on any atom is 0.259 e. The van der Waals surface area contributed by atoms with Crippen molar-refractivity contribution in [3.8, 4) is 11.8 Å². The zero-order chi connectivity index (χ0) is 13.8. The molecule has 0 heterocycles. The Bertz CT molecular complexity index is 677. The summed E-state index contributed by atoms with van der Waals surface area (Å²) in [5.74, 6) is -0.661. The van der Waals surface area contributed by atoms with Gasteiger partial charge in [0, 0.05) is 10.7 Å². The van der Waals surface area contributed by atoms with Gasteiger partial charge in [0.15, 0.2) is 0 Å². The number of hydrogen-bond donors (Lipinski definition) is 2. The van der Waals surface area contributed by atoms with E-state index in [-0.39, 0.29) is 11.3 Å². The molecule has 94 valence electrons. The molecule has 0 bridgehead atoms. The van der Waals surface area contributed by atoms with Gasteiger partial charge in [-0.2, -0.15) is 5.26 Å². The smallest absolute Gasteiger partial charge is 0.259 e. The van der Waals surface area contributed by atoms with Gasteiger partial charge in [-0.25, -0.2) is 0 Å². The third-order valence-corrected chi connectivity index (χ3v) is 2.69. The molecule has 0 radical (unpaired) electrons. The van der Waals surface area contributed by atoms with Gasteiger partial charge in [0.05, 0.1) is 17.2 Å².